The summed E-state index contributed by atoms with van der Waals surface area (Å²) in [5.41, 5.74) is 1.92. The molecule has 1 amide bonds. The van der Waals surface area contributed by atoms with E-state index in [-0.39, 0.29) is 12.3 Å². The van der Waals surface area contributed by atoms with Crippen molar-refractivity contribution in [1.82, 2.24) is 5.32 Å². The average Bonchev–Trinajstić information content (AvgIpc) is 2.95. The van der Waals surface area contributed by atoms with Gasteiger partial charge in [-0.2, -0.15) is 0 Å². The first-order valence-corrected chi connectivity index (χ1v) is 12.3. The quantitative estimate of drug-likeness (QED) is 0.266. The van der Waals surface area contributed by atoms with E-state index >= 15 is 0 Å². The van der Waals surface area contributed by atoms with Crippen LogP contribution in [0.3, 0.4) is 0 Å². The maximum absolute atomic E-state index is 14.5. The fourth-order valence-electron chi connectivity index (χ4n) is 5.11. The van der Waals surface area contributed by atoms with Gasteiger partial charge in [-0.1, -0.05) is 133 Å². The number of fused-ring (bicyclic) bond motifs is 1. The molecule has 5 aromatic carbocycles. The topological polar surface area (TPSA) is 66.4 Å². The number of amides is 1. The lowest BCUT2D eigenvalue weighted by atomic mass is 9.68. The summed E-state index contributed by atoms with van der Waals surface area (Å²) in [6, 6.07) is 41.2. The van der Waals surface area contributed by atoms with Crippen LogP contribution in [0.1, 0.15) is 22.3 Å². The standard InChI is InChI=1S/C33H27NO3/c35-31(36)30(23-25-15-12-14-24-13-10-11-22-29(24)25)34-32(37)33(26-16-4-1-5-17-26,27-18-6-2-7-19-27)28-20-8-3-9-21-28/h1-22,30H,23H2,(H,34,37)(H,35,36)/t30-/m1/s1. The molecule has 0 radical (unpaired) electrons. The number of rotatable bonds is 8. The fourth-order valence-corrected chi connectivity index (χ4v) is 5.11. The zero-order valence-electron chi connectivity index (χ0n) is 20.2. The number of benzene rings is 5. The van der Waals surface area contributed by atoms with Crippen LogP contribution < -0.4 is 5.32 Å². The highest BCUT2D eigenvalue weighted by molar-refractivity contribution is 5.98. The number of carboxylic acid groups (broad SMARTS) is 1. The molecule has 5 aromatic rings. The van der Waals surface area contributed by atoms with Crippen molar-refractivity contribution >= 4 is 22.6 Å². The van der Waals surface area contributed by atoms with Gasteiger partial charge in [0, 0.05) is 6.42 Å². The largest absolute Gasteiger partial charge is 0.480 e. The molecular formula is C33H27NO3. The van der Waals surface area contributed by atoms with E-state index in [1.54, 1.807) is 0 Å². The Morgan fingerprint density at radius 3 is 1.59 bits per heavy atom. The van der Waals surface area contributed by atoms with Gasteiger partial charge in [0.15, 0.2) is 0 Å². The van der Waals surface area contributed by atoms with Crippen molar-refractivity contribution < 1.29 is 14.7 Å². The number of carboxylic acids is 1. The molecule has 4 heteroatoms. The Morgan fingerprint density at radius 1 is 0.622 bits per heavy atom. The lowest BCUT2D eigenvalue weighted by molar-refractivity contribution is -0.142. The monoisotopic (exact) mass is 485 g/mol. The van der Waals surface area contributed by atoms with Gasteiger partial charge in [0.05, 0.1) is 0 Å². The van der Waals surface area contributed by atoms with Crippen LogP contribution >= 0.6 is 0 Å². The van der Waals surface area contributed by atoms with Gasteiger partial charge in [-0.15, -0.1) is 0 Å². The Morgan fingerprint density at radius 2 is 1.08 bits per heavy atom. The summed E-state index contributed by atoms with van der Waals surface area (Å²) in [6.07, 6.45) is 0.164. The first-order valence-electron chi connectivity index (χ1n) is 12.3. The van der Waals surface area contributed by atoms with Gasteiger partial charge < -0.3 is 10.4 Å². The fraction of sp³-hybridized carbons (Fsp3) is 0.0909. The Bertz CT molecular complexity index is 1410. The predicted octanol–water partition coefficient (Wildman–Crippen LogP) is 5.99. The molecule has 0 aromatic heterocycles. The Balaban J connectivity index is 1.62. The molecule has 1 atom stereocenters. The first kappa shape index (κ1) is 24.0. The number of carbonyl (C=O) groups excluding carboxylic acids is 1. The average molecular weight is 486 g/mol. The summed E-state index contributed by atoms with van der Waals surface area (Å²) in [7, 11) is 0. The third kappa shape index (κ3) is 4.62. The van der Waals surface area contributed by atoms with Crippen LogP contribution in [0.4, 0.5) is 0 Å². The van der Waals surface area contributed by atoms with E-state index < -0.39 is 17.4 Å². The van der Waals surface area contributed by atoms with Crippen molar-refractivity contribution in [3.05, 3.63) is 156 Å². The SMILES string of the molecule is O=C(O)[C@@H](Cc1cccc2ccccc12)NC(=O)C(c1ccccc1)(c1ccccc1)c1ccccc1. The van der Waals surface area contributed by atoms with Crippen molar-refractivity contribution in [2.45, 2.75) is 17.9 Å². The number of carbonyl (C=O) groups is 2. The molecule has 0 unspecified atom stereocenters. The summed E-state index contributed by atoms with van der Waals surface area (Å²) < 4.78 is 0. The van der Waals surface area contributed by atoms with Crippen molar-refractivity contribution in [2.75, 3.05) is 0 Å². The molecule has 37 heavy (non-hydrogen) atoms. The molecule has 0 aliphatic rings. The van der Waals surface area contributed by atoms with Crippen LogP contribution in [0.15, 0.2) is 133 Å². The summed E-state index contributed by atoms with van der Waals surface area (Å²) >= 11 is 0. The normalized spacial score (nSPS) is 12.1. The van der Waals surface area contributed by atoms with Gasteiger partial charge in [0.25, 0.3) is 0 Å². The zero-order valence-corrected chi connectivity index (χ0v) is 20.2. The molecule has 182 valence electrons. The predicted molar refractivity (Wildman–Crippen MR) is 146 cm³/mol. The molecule has 0 fully saturated rings. The minimum atomic E-state index is -1.24. The number of nitrogens with one attached hydrogen (secondary N) is 1. The highest BCUT2D eigenvalue weighted by Crippen LogP contribution is 2.39. The smallest absolute Gasteiger partial charge is 0.326 e. The minimum absolute atomic E-state index is 0.164. The molecule has 5 rings (SSSR count). The van der Waals surface area contributed by atoms with Gasteiger partial charge in [-0.25, -0.2) is 4.79 Å². The summed E-state index contributed by atoms with van der Waals surface area (Å²) in [4.78, 5) is 27.0. The minimum Gasteiger partial charge on any atom is -0.480 e. The molecule has 4 nitrogen and oxygen atoms in total. The van der Waals surface area contributed by atoms with E-state index in [2.05, 4.69) is 5.32 Å². The third-order valence-electron chi connectivity index (χ3n) is 6.87. The van der Waals surface area contributed by atoms with Crippen LogP contribution in [0.5, 0.6) is 0 Å². The van der Waals surface area contributed by atoms with Crippen LogP contribution in [0, 0.1) is 0 Å². The van der Waals surface area contributed by atoms with Gasteiger partial charge in [0.2, 0.25) is 5.91 Å². The third-order valence-corrected chi connectivity index (χ3v) is 6.87. The summed E-state index contributed by atoms with van der Waals surface area (Å²) in [5, 5.41) is 15.2. The van der Waals surface area contributed by atoms with E-state index in [9.17, 15) is 14.7 Å². The van der Waals surface area contributed by atoms with Gasteiger partial charge in [0.1, 0.15) is 11.5 Å². The molecule has 0 saturated carbocycles. The summed E-state index contributed by atoms with van der Waals surface area (Å²) in [5.74, 6) is -1.46. The number of hydrogen-bond donors (Lipinski definition) is 2. The van der Waals surface area contributed by atoms with Gasteiger partial charge >= 0.3 is 5.97 Å². The highest BCUT2D eigenvalue weighted by atomic mass is 16.4. The molecule has 0 aliphatic heterocycles. The Hall–Kier alpha value is -4.70. The first-order chi connectivity index (χ1) is 18.1. The molecule has 2 N–H and O–H groups in total. The number of hydrogen-bond acceptors (Lipinski definition) is 2. The van der Waals surface area contributed by atoms with Crippen molar-refractivity contribution in [3.8, 4) is 0 Å². The van der Waals surface area contributed by atoms with Crippen LogP contribution in [-0.2, 0) is 21.4 Å². The van der Waals surface area contributed by atoms with Crippen molar-refractivity contribution in [1.29, 1.82) is 0 Å². The van der Waals surface area contributed by atoms with Gasteiger partial charge in [-0.3, -0.25) is 4.79 Å². The van der Waals surface area contributed by atoms with E-state index in [1.165, 1.54) is 0 Å². The highest BCUT2D eigenvalue weighted by Gasteiger charge is 2.45. The lowest BCUT2D eigenvalue weighted by Crippen LogP contribution is -2.52. The Kier molecular flexibility index (Phi) is 6.82. The summed E-state index contributed by atoms with van der Waals surface area (Å²) in [6.45, 7) is 0. The van der Waals surface area contributed by atoms with Crippen LogP contribution in [-0.4, -0.2) is 23.0 Å². The molecule has 0 saturated heterocycles. The zero-order chi connectivity index (χ0) is 25.7. The van der Waals surface area contributed by atoms with Gasteiger partial charge in [-0.05, 0) is 33.0 Å². The van der Waals surface area contributed by atoms with E-state index in [1.807, 2.05) is 133 Å². The van der Waals surface area contributed by atoms with E-state index in [0.717, 1.165) is 33.0 Å². The molecule has 0 aliphatic carbocycles. The van der Waals surface area contributed by atoms with Crippen molar-refractivity contribution in [3.63, 3.8) is 0 Å². The molecule has 0 bridgehead atoms. The second-order valence-electron chi connectivity index (χ2n) is 9.05. The van der Waals surface area contributed by atoms with Crippen molar-refractivity contribution in [2.24, 2.45) is 0 Å². The maximum Gasteiger partial charge on any atom is 0.326 e. The van der Waals surface area contributed by atoms with Crippen LogP contribution in [0.25, 0.3) is 10.8 Å². The maximum atomic E-state index is 14.5. The molecule has 0 heterocycles. The second kappa shape index (κ2) is 10.5. The molecule has 0 spiro atoms. The lowest BCUT2D eigenvalue weighted by Gasteiger charge is -2.35. The second-order valence-corrected chi connectivity index (χ2v) is 9.05. The molecular weight excluding hydrogens is 458 g/mol. The van der Waals surface area contributed by atoms with E-state index in [4.69, 9.17) is 0 Å². The van der Waals surface area contributed by atoms with Crippen LogP contribution in [0.2, 0.25) is 0 Å². The van der Waals surface area contributed by atoms with E-state index in [0.29, 0.717) is 0 Å². The Labute approximate surface area is 216 Å². The number of aliphatic carboxylic acids is 1.